The minimum atomic E-state index is -0.803. The van der Waals surface area contributed by atoms with Gasteiger partial charge < -0.3 is 25.0 Å². The lowest BCUT2D eigenvalue weighted by molar-refractivity contribution is -0.856. The average Bonchev–Trinajstić information content (AvgIpc) is 2.89. The molecule has 0 spiro atoms. The Balaban J connectivity index is 2.19. The van der Waals surface area contributed by atoms with E-state index in [1.807, 2.05) is 27.9 Å². The highest BCUT2D eigenvalue weighted by Gasteiger charge is 2.34. The van der Waals surface area contributed by atoms with Gasteiger partial charge in [0, 0.05) is 11.3 Å². The number of nitrogens with one attached hydrogen (secondary N) is 3. The number of hydrogen-bond acceptors (Lipinski definition) is 6. The van der Waals surface area contributed by atoms with Gasteiger partial charge in [-0.25, -0.2) is 4.79 Å². The fourth-order valence-electron chi connectivity index (χ4n) is 2.63. The van der Waals surface area contributed by atoms with Crippen molar-refractivity contribution in [3.8, 4) is 0 Å². The second-order valence-corrected chi connectivity index (χ2v) is 8.20. The molecular formula is C17H26N3O5S+. The van der Waals surface area contributed by atoms with Crippen molar-refractivity contribution in [3.63, 3.8) is 0 Å². The van der Waals surface area contributed by atoms with Crippen LogP contribution in [0.25, 0.3) is 0 Å². The molecule has 8 nitrogen and oxygen atoms in total. The molecule has 1 aliphatic heterocycles. The van der Waals surface area contributed by atoms with Crippen molar-refractivity contribution in [3.05, 3.63) is 16.0 Å². The van der Waals surface area contributed by atoms with Crippen molar-refractivity contribution in [2.75, 3.05) is 39.6 Å². The van der Waals surface area contributed by atoms with Crippen LogP contribution in [0.5, 0.6) is 0 Å². The third-order valence-corrected chi connectivity index (χ3v) is 5.14. The fraction of sp³-hybridized carbons (Fsp3) is 0.588. The number of anilines is 1. The maximum absolute atomic E-state index is 12.3. The summed E-state index contributed by atoms with van der Waals surface area (Å²) in [5, 5.41) is 5.44. The molecule has 1 aliphatic rings. The Kier molecular flexibility index (Phi) is 6.38. The normalized spacial score (nSPS) is 15.3. The van der Waals surface area contributed by atoms with Crippen LogP contribution in [0.3, 0.4) is 0 Å². The van der Waals surface area contributed by atoms with Gasteiger partial charge in [0.1, 0.15) is 5.00 Å². The van der Waals surface area contributed by atoms with E-state index >= 15 is 0 Å². The van der Waals surface area contributed by atoms with Crippen LogP contribution in [0.15, 0.2) is 0 Å². The molecule has 0 radical (unpaired) electrons. The van der Waals surface area contributed by atoms with Crippen LogP contribution in [0.4, 0.5) is 5.00 Å². The molecule has 0 aliphatic carbocycles. The molecule has 3 N–H and O–H groups in total. The first-order valence-corrected chi connectivity index (χ1v) is 9.21. The van der Waals surface area contributed by atoms with Gasteiger partial charge in [0.2, 0.25) is 0 Å². The number of hydrogen-bond donors (Lipinski definition) is 3. The lowest BCUT2D eigenvalue weighted by atomic mass is 9.93. The number of quaternary nitrogens is 1. The second-order valence-electron chi connectivity index (χ2n) is 7.09. The van der Waals surface area contributed by atoms with Gasteiger partial charge in [0.25, 0.3) is 0 Å². The summed E-state index contributed by atoms with van der Waals surface area (Å²) < 4.78 is 10.6. The monoisotopic (exact) mass is 384 g/mol. The number of likely N-dealkylation sites (N-methyl/N-ethyl adjacent to an activating group) is 1. The van der Waals surface area contributed by atoms with Crippen molar-refractivity contribution in [2.24, 2.45) is 0 Å². The first-order chi connectivity index (χ1) is 12.1. The zero-order valence-corrected chi connectivity index (χ0v) is 16.6. The van der Waals surface area contributed by atoms with E-state index in [1.165, 1.54) is 18.4 Å². The first-order valence-electron chi connectivity index (χ1n) is 8.39. The molecule has 0 bridgehead atoms. The van der Waals surface area contributed by atoms with Gasteiger partial charge in [0.05, 0.1) is 52.1 Å². The Morgan fingerprint density at radius 2 is 1.96 bits per heavy atom. The van der Waals surface area contributed by atoms with Crippen LogP contribution < -0.4 is 15.5 Å². The summed E-state index contributed by atoms with van der Waals surface area (Å²) in [6, 6.07) is 0. The van der Waals surface area contributed by atoms with E-state index in [0.717, 1.165) is 15.3 Å². The molecule has 0 atom stereocenters. The fourth-order valence-corrected chi connectivity index (χ4v) is 3.74. The van der Waals surface area contributed by atoms with E-state index in [9.17, 15) is 14.4 Å². The molecule has 0 saturated carbocycles. The smallest absolute Gasteiger partial charge is 0.341 e. The topological polar surface area (TPSA) is 98.2 Å². The number of methoxy groups -OCH3 is 1. The van der Waals surface area contributed by atoms with Gasteiger partial charge >= 0.3 is 17.8 Å². The lowest BCUT2D eigenvalue weighted by Crippen LogP contribution is -3.06. The average molecular weight is 384 g/mol. The van der Waals surface area contributed by atoms with Crippen LogP contribution in [0.2, 0.25) is 0 Å². The minimum absolute atomic E-state index is 0.308. The number of carbonyl (C=O) groups is 3. The Morgan fingerprint density at radius 3 is 2.58 bits per heavy atom. The molecule has 26 heavy (non-hydrogen) atoms. The van der Waals surface area contributed by atoms with E-state index < -0.39 is 23.4 Å². The SMILES string of the molecule is COC(=O)c1c(NC(=O)C(=O)NCC[NH+](C)C)sc2c1CC(C)(C)OC2. The zero-order chi connectivity index (χ0) is 19.5. The van der Waals surface area contributed by atoms with E-state index in [2.05, 4.69) is 10.6 Å². The van der Waals surface area contributed by atoms with Crippen LogP contribution in [-0.4, -0.2) is 57.7 Å². The van der Waals surface area contributed by atoms with Crippen LogP contribution >= 0.6 is 11.3 Å². The third-order valence-electron chi connectivity index (χ3n) is 4.02. The Hall–Kier alpha value is -1.97. The molecule has 1 aromatic rings. The van der Waals surface area contributed by atoms with Crippen LogP contribution in [0.1, 0.15) is 34.6 Å². The predicted molar refractivity (Wildman–Crippen MR) is 97.5 cm³/mol. The van der Waals surface area contributed by atoms with Crippen molar-refractivity contribution in [1.82, 2.24) is 5.32 Å². The standard InChI is InChI=1S/C17H25N3O5S/c1-17(2)8-10-11(9-25-17)26-15(12(10)16(23)24-5)19-14(22)13(21)18-6-7-20(3)4/h6-9H2,1-5H3,(H,18,21)(H,19,22)/p+1. The number of rotatable bonds is 5. The van der Waals surface area contributed by atoms with Gasteiger partial charge in [-0.2, -0.15) is 0 Å². The van der Waals surface area contributed by atoms with E-state index in [0.29, 0.717) is 36.7 Å². The molecule has 0 fully saturated rings. The summed E-state index contributed by atoms with van der Waals surface area (Å²) in [7, 11) is 5.20. The molecule has 2 amide bonds. The quantitative estimate of drug-likeness (QED) is 0.473. The number of carbonyl (C=O) groups excluding carboxylic acids is 3. The number of ether oxygens (including phenoxy) is 2. The van der Waals surface area contributed by atoms with Crippen molar-refractivity contribution < 1.29 is 28.8 Å². The van der Waals surface area contributed by atoms with Gasteiger partial charge in [-0.3, -0.25) is 9.59 Å². The minimum Gasteiger partial charge on any atom is -0.465 e. The first kappa shape index (κ1) is 20.3. The summed E-state index contributed by atoms with van der Waals surface area (Å²) in [5.41, 5.74) is 0.706. The summed E-state index contributed by atoms with van der Waals surface area (Å²) in [4.78, 5) is 38.4. The van der Waals surface area contributed by atoms with Gasteiger partial charge in [-0.05, 0) is 19.4 Å². The summed E-state index contributed by atoms with van der Waals surface area (Å²) >= 11 is 1.24. The number of amides is 2. The maximum atomic E-state index is 12.3. The summed E-state index contributed by atoms with van der Waals surface area (Å²) in [6.07, 6.45) is 0.525. The number of esters is 1. The highest BCUT2D eigenvalue weighted by Crippen LogP contribution is 2.40. The molecule has 144 valence electrons. The van der Waals surface area contributed by atoms with Crippen molar-refractivity contribution >= 4 is 34.1 Å². The molecule has 2 heterocycles. The largest absolute Gasteiger partial charge is 0.465 e. The third kappa shape index (κ3) is 4.80. The predicted octanol–water partition coefficient (Wildman–Crippen LogP) is -0.415. The molecule has 2 rings (SSSR count). The molecule has 0 unspecified atom stereocenters. The van der Waals surface area contributed by atoms with Gasteiger partial charge in [-0.15, -0.1) is 11.3 Å². The highest BCUT2D eigenvalue weighted by atomic mass is 32.1. The van der Waals surface area contributed by atoms with Crippen molar-refractivity contribution in [1.29, 1.82) is 0 Å². The van der Waals surface area contributed by atoms with Crippen molar-refractivity contribution in [2.45, 2.75) is 32.5 Å². The molecular weight excluding hydrogens is 358 g/mol. The molecule has 9 heteroatoms. The Bertz CT molecular complexity index is 711. The van der Waals surface area contributed by atoms with E-state index in [4.69, 9.17) is 9.47 Å². The van der Waals surface area contributed by atoms with E-state index in [1.54, 1.807) is 0 Å². The van der Waals surface area contributed by atoms with E-state index in [-0.39, 0.29) is 0 Å². The molecule has 0 aromatic carbocycles. The number of fused-ring (bicyclic) bond motifs is 1. The zero-order valence-electron chi connectivity index (χ0n) is 15.8. The highest BCUT2D eigenvalue weighted by molar-refractivity contribution is 7.17. The van der Waals surface area contributed by atoms with Gasteiger partial charge in [0.15, 0.2) is 0 Å². The Labute approximate surface area is 156 Å². The maximum Gasteiger partial charge on any atom is 0.341 e. The molecule has 1 aromatic heterocycles. The Morgan fingerprint density at radius 1 is 1.27 bits per heavy atom. The van der Waals surface area contributed by atoms with Crippen LogP contribution in [0, 0.1) is 0 Å². The van der Waals surface area contributed by atoms with Gasteiger partial charge in [-0.1, -0.05) is 0 Å². The molecule has 0 saturated heterocycles. The van der Waals surface area contributed by atoms with Crippen LogP contribution in [-0.2, 0) is 32.1 Å². The number of thiophene rings is 1. The summed E-state index contributed by atoms with van der Waals surface area (Å²) in [5.74, 6) is -2.07. The lowest BCUT2D eigenvalue weighted by Gasteiger charge is -2.30. The second kappa shape index (κ2) is 8.15. The summed E-state index contributed by atoms with van der Waals surface area (Å²) in [6.45, 7) is 5.32.